The molecule has 16 rings (SSSR count). The number of anilines is 8. The van der Waals surface area contributed by atoms with Crippen molar-refractivity contribution in [2.45, 2.75) is 70.6 Å². The fourth-order valence-corrected chi connectivity index (χ4v) is 13.9. The number of carbonyl (C=O) groups is 4. The van der Waals surface area contributed by atoms with E-state index in [0.29, 0.717) is 113 Å². The first-order valence-corrected chi connectivity index (χ1v) is 42.5. The Balaban J connectivity index is 0.000000149. The number of nitrogens with two attached hydrogens (primary N) is 4. The summed E-state index contributed by atoms with van der Waals surface area (Å²) in [7, 11) is 0. The van der Waals surface area contributed by atoms with Gasteiger partial charge in [0.15, 0.2) is 58.2 Å². The van der Waals surface area contributed by atoms with E-state index in [0.717, 1.165) is 90.3 Å². The van der Waals surface area contributed by atoms with Gasteiger partial charge in [-0.15, -0.1) is 0 Å². The van der Waals surface area contributed by atoms with E-state index in [2.05, 4.69) is 93.0 Å². The third-order valence-corrected chi connectivity index (χ3v) is 21.2. The van der Waals surface area contributed by atoms with Gasteiger partial charge >= 0.3 is 0 Å². The van der Waals surface area contributed by atoms with Crippen LogP contribution in [0.4, 0.5) is 76.8 Å². The van der Waals surface area contributed by atoms with Crippen molar-refractivity contribution in [2.75, 3.05) is 44.2 Å². The summed E-state index contributed by atoms with van der Waals surface area (Å²) in [5.74, 6) is -13.0. The summed E-state index contributed by atoms with van der Waals surface area (Å²) >= 11 is 2.25. The Labute approximate surface area is 764 Å². The number of amides is 4. The maximum absolute atomic E-state index is 14.0. The number of nitrogens with zero attached hydrogens (tertiary/aromatic N) is 8. The summed E-state index contributed by atoms with van der Waals surface area (Å²) < 4.78 is 96.1. The van der Waals surface area contributed by atoms with E-state index >= 15 is 0 Å². The van der Waals surface area contributed by atoms with Gasteiger partial charge in [0.1, 0.15) is 0 Å². The second kappa shape index (κ2) is 45.6. The number of aryl methyl sites for hydroxylation is 8. The topological polar surface area (TPSA) is 324 Å². The van der Waals surface area contributed by atoms with E-state index in [9.17, 15) is 49.9 Å². The molecule has 0 saturated heterocycles. The van der Waals surface area contributed by atoms with Crippen molar-refractivity contribution in [1.82, 2.24) is 39.9 Å². The molecule has 0 saturated carbocycles. The van der Waals surface area contributed by atoms with Gasteiger partial charge in [0.25, 0.3) is 5.91 Å². The van der Waals surface area contributed by atoms with Crippen LogP contribution in [0.5, 0.6) is 0 Å². The van der Waals surface area contributed by atoms with E-state index in [1.807, 2.05) is 200 Å². The maximum Gasteiger partial charge on any atom is 0.256 e. The molecule has 16 aromatic rings. The van der Waals surface area contributed by atoms with Crippen LogP contribution in [0.25, 0.3) is 45.0 Å². The lowest BCUT2D eigenvalue weighted by Crippen LogP contribution is -2.20. The van der Waals surface area contributed by atoms with Crippen molar-refractivity contribution in [3.05, 3.63) is 428 Å². The number of benzene rings is 12. The number of hydrogen-bond donors (Lipinski definition) is 8. The first-order valence-electron chi connectivity index (χ1n) is 41.5. The Hall–Kier alpha value is -15.7. The largest absolute Gasteiger partial charge is 0.399 e. The number of nitrogen functional groups attached to an aromatic ring is 4. The van der Waals surface area contributed by atoms with Crippen LogP contribution in [0.1, 0.15) is 72.1 Å². The molecule has 0 fully saturated rings. The zero-order valence-electron chi connectivity index (χ0n) is 70.3. The summed E-state index contributed by atoms with van der Waals surface area (Å²) in [4.78, 5) is 87.2. The number of carbonyl (C=O) groups excluding carboxylic acids is 4. The number of hydrogen-bond acceptors (Lipinski definition) is 16. The normalized spacial score (nSPS) is 10.7. The van der Waals surface area contributed by atoms with Gasteiger partial charge in [-0.25, -0.2) is 70.6 Å². The van der Waals surface area contributed by atoms with Crippen LogP contribution >= 0.6 is 22.6 Å². The number of rotatable bonds is 27. The Morgan fingerprint density at radius 1 is 0.275 bits per heavy atom. The van der Waals surface area contributed by atoms with Crippen LogP contribution in [0, 0.1) is 44.3 Å². The zero-order valence-corrected chi connectivity index (χ0v) is 72.5. The SMILES string of the molecule is Nc1ccc(-c2cnc(NC(=O)Cc3c(F)c(F)c(F)c(F)c3F)c(CCc3ccccc3)n2)cc1.Nc1ccc(-c2cnc(NC(=O)Cc3ccc(F)c(F)c3)c(CCc3ccccc3)n2)cc1.Nc1ccc(-c2cnc(NC(=O)Cc3ccc(I)cc3)c(CCc3ccccc3)n2)cc1.Nc1ccc(-c2cnc(NC(=O)c3ccccc3)c(CCc3ccccc3)n2)cc1. The highest BCUT2D eigenvalue weighted by atomic mass is 127. The van der Waals surface area contributed by atoms with Crippen molar-refractivity contribution in [1.29, 1.82) is 0 Å². The lowest BCUT2D eigenvalue weighted by Gasteiger charge is -2.13. The quantitative estimate of drug-likeness (QED) is 0.00780. The van der Waals surface area contributed by atoms with E-state index in [1.165, 1.54) is 23.4 Å². The molecule has 4 heterocycles. The van der Waals surface area contributed by atoms with Crippen molar-refractivity contribution < 1.29 is 49.9 Å². The van der Waals surface area contributed by atoms with Gasteiger partial charge in [-0.3, -0.25) is 19.2 Å². The number of nitrogens with one attached hydrogen (secondary N) is 4. The average molecular weight is 1870 g/mol. The highest BCUT2D eigenvalue weighted by molar-refractivity contribution is 14.1. The molecule has 4 aromatic heterocycles. The lowest BCUT2D eigenvalue weighted by molar-refractivity contribution is -0.116. The fourth-order valence-electron chi connectivity index (χ4n) is 13.5. The Kier molecular flexibility index (Phi) is 32.4. The molecule has 0 aliphatic heterocycles. The monoisotopic (exact) mass is 1870 g/mol. The Morgan fingerprint density at radius 2 is 0.550 bits per heavy atom. The minimum Gasteiger partial charge on any atom is -0.399 e. The Morgan fingerprint density at radius 3 is 0.863 bits per heavy atom. The summed E-state index contributed by atoms with van der Waals surface area (Å²) in [6.45, 7) is 0. The lowest BCUT2D eigenvalue weighted by atomic mass is 10.1. The molecule has 0 aliphatic rings. The third kappa shape index (κ3) is 26.9. The van der Waals surface area contributed by atoms with Gasteiger partial charge in [0.05, 0.1) is 89.6 Å². The second-order valence-corrected chi connectivity index (χ2v) is 31.3. The summed E-state index contributed by atoms with van der Waals surface area (Å²) in [5.41, 5.74) is 39.6. The average Bonchev–Trinajstić information content (AvgIpc) is 0.789. The minimum atomic E-state index is -2.29. The molecule has 0 bridgehead atoms. The number of halogens is 8. The zero-order chi connectivity index (χ0) is 92.1. The summed E-state index contributed by atoms with van der Waals surface area (Å²) in [6, 6.07) is 89.5. The first kappa shape index (κ1) is 92.9. The van der Waals surface area contributed by atoms with Crippen molar-refractivity contribution >= 4 is 92.2 Å². The van der Waals surface area contributed by atoms with Crippen LogP contribution < -0.4 is 44.2 Å². The van der Waals surface area contributed by atoms with E-state index in [4.69, 9.17) is 37.9 Å². The van der Waals surface area contributed by atoms with Gasteiger partial charge in [0.2, 0.25) is 23.5 Å². The third-order valence-electron chi connectivity index (χ3n) is 20.5. The molecule has 4 amide bonds. The molecule has 0 unspecified atom stereocenters. The van der Waals surface area contributed by atoms with Crippen LogP contribution in [0.2, 0.25) is 0 Å². The van der Waals surface area contributed by atoms with Crippen LogP contribution in [-0.2, 0) is 85.0 Å². The molecule has 0 spiro atoms. The molecule has 131 heavy (non-hydrogen) atoms. The molecule has 12 N–H and O–H groups in total. The molecule has 20 nitrogen and oxygen atoms in total. The minimum absolute atomic E-state index is 0.0130. The number of aromatic nitrogens is 8. The van der Waals surface area contributed by atoms with Crippen LogP contribution in [0.15, 0.2) is 316 Å². The van der Waals surface area contributed by atoms with E-state index < -0.39 is 64.5 Å². The highest BCUT2D eigenvalue weighted by Gasteiger charge is 2.28. The van der Waals surface area contributed by atoms with Gasteiger partial charge in [0, 0.05) is 59.7 Å². The molecular formula is C103H86F7IN16O4. The van der Waals surface area contributed by atoms with Crippen LogP contribution in [-0.4, -0.2) is 63.5 Å². The first-order chi connectivity index (χ1) is 63.5. The van der Waals surface area contributed by atoms with Gasteiger partial charge in [-0.1, -0.05) is 206 Å². The molecule has 0 atom stereocenters. The van der Waals surface area contributed by atoms with Crippen molar-refractivity contribution in [3.8, 4) is 45.0 Å². The Bertz CT molecular complexity index is 6570. The molecule has 0 aliphatic carbocycles. The highest BCUT2D eigenvalue weighted by Crippen LogP contribution is 2.31. The molecule has 12 aromatic carbocycles. The fraction of sp³-hybridized carbons (Fsp3) is 0.107. The van der Waals surface area contributed by atoms with Gasteiger partial charge < -0.3 is 44.2 Å². The standard InChI is InChI=1S/C26H19F5N4O.C26H22F2N4O.C26H23IN4O.C25H22N4O/c27-21-17(22(28)24(30)25(31)23(21)29)12-20(36)35-26-18(11-6-14-4-2-1-3-5-14)34-19(13-33-26)15-7-9-16(32)10-8-15;27-21-12-6-18(14-22(21)28)15-25(33)32-26-23(13-7-17-4-2-1-3-5-17)31-24(16-30-26)19-8-10-20(29)11-9-19;27-21-11-6-19(7-12-21)16-25(32)31-26-23(15-8-18-4-2-1-3-5-18)30-24(17-29-26)20-9-13-22(28)14-10-20;26-21-14-12-19(13-15-21)23-17-27-24(29-25(30)20-9-5-2-6-10-20)22(28-23)16-11-18-7-3-1-4-8-18/h1-5,7-10,13H,6,11-12,32H2,(H,33,35,36);1-6,8-12,14,16H,7,13,15,29H2,(H,30,32,33);1-7,9-14,17H,8,15-16,28H2,(H,29,31,32);1-10,12-15,17H,11,16,26H2,(H,27,29,30). The molecule has 0 radical (unpaired) electrons. The summed E-state index contributed by atoms with van der Waals surface area (Å²) in [6.07, 6.45) is 10.5. The maximum atomic E-state index is 14.0. The van der Waals surface area contributed by atoms with Crippen molar-refractivity contribution in [2.24, 2.45) is 0 Å². The molecule has 28 heteroatoms. The molecular weight excluding hydrogens is 1790 g/mol. The molecule has 658 valence electrons. The van der Waals surface area contributed by atoms with E-state index in [1.54, 1.807) is 67.1 Å². The van der Waals surface area contributed by atoms with E-state index in [-0.39, 0.29) is 30.5 Å². The van der Waals surface area contributed by atoms with Gasteiger partial charge in [-0.2, -0.15) is 0 Å². The summed E-state index contributed by atoms with van der Waals surface area (Å²) in [5, 5.41) is 11.0. The predicted octanol–water partition coefficient (Wildman–Crippen LogP) is 20.4. The van der Waals surface area contributed by atoms with Gasteiger partial charge in [-0.05, 0) is 192 Å². The second-order valence-electron chi connectivity index (χ2n) is 30.1. The van der Waals surface area contributed by atoms with Crippen molar-refractivity contribution in [3.63, 3.8) is 0 Å². The van der Waals surface area contributed by atoms with Crippen LogP contribution in [0.3, 0.4) is 0 Å². The smallest absolute Gasteiger partial charge is 0.256 e. The predicted molar refractivity (Wildman–Crippen MR) is 506 cm³/mol.